The van der Waals surface area contributed by atoms with E-state index in [-0.39, 0.29) is 16.7 Å². The zero-order chi connectivity index (χ0) is 19.3. The van der Waals surface area contributed by atoms with Crippen LogP contribution in [0.5, 0.6) is 0 Å². The second-order valence-electron chi connectivity index (χ2n) is 6.63. The molecule has 0 fully saturated rings. The van der Waals surface area contributed by atoms with Crippen molar-refractivity contribution in [3.63, 3.8) is 0 Å². The van der Waals surface area contributed by atoms with Crippen LogP contribution in [0.3, 0.4) is 0 Å². The van der Waals surface area contributed by atoms with Gasteiger partial charge in [-0.15, -0.1) is 11.8 Å². The molecule has 0 amide bonds. The van der Waals surface area contributed by atoms with Gasteiger partial charge in [0.1, 0.15) is 0 Å². The minimum Gasteiger partial charge on any atom is -0.354 e. The van der Waals surface area contributed by atoms with E-state index in [9.17, 15) is 14.9 Å². The van der Waals surface area contributed by atoms with Gasteiger partial charge in [0.2, 0.25) is 0 Å². The average molecular weight is 386 g/mol. The number of anilines is 1. The van der Waals surface area contributed by atoms with Gasteiger partial charge in [0.05, 0.1) is 21.6 Å². The number of Topliss-reactive ketones (excluding diaryl/α,β-unsaturated/α-hetero) is 1. The van der Waals surface area contributed by atoms with E-state index in [0.717, 1.165) is 27.4 Å². The average Bonchev–Trinajstić information content (AvgIpc) is 2.88. The van der Waals surface area contributed by atoms with Crippen LogP contribution in [0, 0.1) is 10.1 Å². The molecule has 3 aromatic rings. The number of nitrogens with one attached hydrogen (secondary N) is 1. The van der Waals surface area contributed by atoms with E-state index in [1.165, 1.54) is 17.8 Å². The third-order valence-electron chi connectivity index (χ3n) is 4.99. The van der Waals surface area contributed by atoms with Crippen LogP contribution in [-0.4, -0.2) is 10.7 Å². The van der Waals surface area contributed by atoms with Gasteiger partial charge in [-0.3, -0.25) is 14.9 Å². The van der Waals surface area contributed by atoms with Gasteiger partial charge in [0.25, 0.3) is 5.69 Å². The summed E-state index contributed by atoms with van der Waals surface area (Å²) in [5, 5.41) is 14.4. The quantitative estimate of drug-likeness (QED) is 0.468. The van der Waals surface area contributed by atoms with Crippen molar-refractivity contribution in [1.82, 2.24) is 0 Å². The summed E-state index contributed by atoms with van der Waals surface area (Å²) in [7, 11) is 0. The monoisotopic (exact) mass is 386 g/mol. The molecule has 136 valence electrons. The molecule has 0 spiro atoms. The van der Waals surface area contributed by atoms with Crippen molar-refractivity contribution >= 4 is 34.6 Å². The van der Waals surface area contributed by atoms with Gasteiger partial charge in [-0.2, -0.15) is 0 Å². The number of nitro benzene ring substituents is 1. The van der Waals surface area contributed by atoms with Gasteiger partial charge in [0.15, 0.2) is 5.78 Å². The summed E-state index contributed by atoms with van der Waals surface area (Å²) >= 11 is 1.54. The van der Waals surface area contributed by atoms with Gasteiger partial charge >= 0.3 is 0 Å². The summed E-state index contributed by atoms with van der Waals surface area (Å²) in [6, 6.07) is 22.0. The first-order valence-electron chi connectivity index (χ1n) is 8.79. The zero-order valence-electron chi connectivity index (χ0n) is 14.6. The first-order valence-corrected chi connectivity index (χ1v) is 9.67. The highest BCUT2D eigenvalue weighted by Crippen LogP contribution is 2.52. The van der Waals surface area contributed by atoms with E-state index in [1.54, 1.807) is 12.1 Å². The maximum atomic E-state index is 13.3. The molecule has 3 aromatic carbocycles. The second-order valence-corrected chi connectivity index (χ2v) is 7.78. The maximum Gasteiger partial charge on any atom is 0.269 e. The standard InChI is InChI=1S/C22H14N2O3S/c25-21-16-9-2-1-8-15(16)20-19(21)22(13-6-5-7-14(12-13)24(26)27)28-18-11-4-3-10-17(18)23-20/h1-12,22-23H/t22-/m0/s1. The second kappa shape index (κ2) is 6.35. The molecule has 2 aliphatic rings. The lowest BCUT2D eigenvalue weighted by atomic mass is 10.0. The van der Waals surface area contributed by atoms with Gasteiger partial charge in [-0.1, -0.05) is 48.5 Å². The number of fused-ring (bicyclic) bond motifs is 3. The van der Waals surface area contributed by atoms with Crippen molar-refractivity contribution in [2.45, 2.75) is 10.1 Å². The summed E-state index contributed by atoms with van der Waals surface area (Å²) in [6.07, 6.45) is 0. The molecule has 1 N–H and O–H groups in total. The third kappa shape index (κ3) is 2.53. The van der Waals surface area contributed by atoms with Gasteiger partial charge < -0.3 is 5.32 Å². The van der Waals surface area contributed by atoms with E-state index in [2.05, 4.69) is 5.32 Å². The first kappa shape index (κ1) is 16.8. The van der Waals surface area contributed by atoms with Crippen LogP contribution < -0.4 is 5.32 Å². The number of hydrogen-bond acceptors (Lipinski definition) is 5. The number of ketones is 1. The number of hydrogen-bond donors (Lipinski definition) is 1. The Labute approximate surface area is 165 Å². The number of non-ortho nitro benzene ring substituents is 1. The van der Waals surface area contributed by atoms with Crippen LogP contribution >= 0.6 is 11.8 Å². The van der Waals surface area contributed by atoms with Gasteiger partial charge in [0, 0.05) is 33.7 Å². The Kier molecular flexibility index (Phi) is 3.80. The lowest BCUT2D eigenvalue weighted by molar-refractivity contribution is -0.384. The van der Waals surface area contributed by atoms with E-state index in [0.29, 0.717) is 11.1 Å². The molecule has 6 heteroatoms. The number of benzene rings is 3. The van der Waals surface area contributed by atoms with Gasteiger partial charge in [-0.25, -0.2) is 0 Å². The Morgan fingerprint density at radius 1 is 0.929 bits per heavy atom. The fourth-order valence-electron chi connectivity index (χ4n) is 3.72. The van der Waals surface area contributed by atoms with Crippen LogP contribution in [0.25, 0.3) is 5.70 Å². The number of nitro groups is 1. The van der Waals surface area contributed by atoms with Crippen LogP contribution in [0.1, 0.15) is 26.7 Å². The van der Waals surface area contributed by atoms with Crippen molar-refractivity contribution in [1.29, 1.82) is 0 Å². The molecule has 1 heterocycles. The molecule has 0 saturated carbocycles. The van der Waals surface area contributed by atoms with Crippen molar-refractivity contribution in [2.24, 2.45) is 0 Å². The molecule has 28 heavy (non-hydrogen) atoms. The Balaban J connectivity index is 1.74. The molecule has 1 aliphatic carbocycles. The van der Waals surface area contributed by atoms with Crippen LogP contribution in [0.4, 0.5) is 11.4 Å². The van der Waals surface area contributed by atoms with Crippen LogP contribution in [0.15, 0.2) is 83.3 Å². The topological polar surface area (TPSA) is 72.2 Å². The number of thioether (sulfide) groups is 1. The number of rotatable bonds is 2. The van der Waals surface area contributed by atoms with Crippen molar-refractivity contribution in [3.8, 4) is 0 Å². The highest BCUT2D eigenvalue weighted by Gasteiger charge is 2.38. The maximum absolute atomic E-state index is 13.3. The first-order chi connectivity index (χ1) is 13.6. The number of nitrogens with zero attached hydrogens (tertiary/aromatic N) is 1. The Hall–Kier alpha value is -3.38. The predicted molar refractivity (Wildman–Crippen MR) is 109 cm³/mol. The molecule has 5 rings (SSSR count). The highest BCUT2D eigenvalue weighted by atomic mass is 32.2. The number of carbonyl (C=O) groups is 1. The minimum atomic E-state index is -0.405. The fraction of sp³-hybridized carbons (Fsp3) is 0.0455. The van der Waals surface area contributed by atoms with Crippen molar-refractivity contribution in [3.05, 3.63) is 105 Å². The summed E-state index contributed by atoms with van der Waals surface area (Å²) in [5.74, 6) is -0.0325. The van der Waals surface area contributed by atoms with E-state index in [4.69, 9.17) is 0 Å². The molecule has 0 bridgehead atoms. The third-order valence-corrected chi connectivity index (χ3v) is 6.35. The molecule has 0 unspecified atom stereocenters. The molecule has 0 radical (unpaired) electrons. The molecular weight excluding hydrogens is 372 g/mol. The van der Waals surface area contributed by atoms with Crippen LogP contribution in [-0.2, 0) is 0 Å². The normalized spacial score (nSPS) is 17.3. The molecule has 1 atom stereocenters. The zero-order valence-corrected chi connectivity index (χ0v) is 15.4. The number of para-hydroxylation sites is 1. The molecule has 1 aliphatic heterocycles. The number of carbonyl (C=O) groups excluding carboxylic acids is 1. The molecular formula is C22H14N2O3S. The lowest BCUT2D eigenvalue weighted by Gasteiger charge is -2.17. The summed E-state index contributed by atoms with van der Waals surface area (Å²) in [4.78, 5) is 25.2. The van der Waals surface area contributed by atoms with E-state index >= 15 is 0 Å². The Morgan fingerprint density at radius 3 is 2.50 bits per heavy atom. The smallest absolute Gasteiger partial charge is 0.269 e. The summed E-state index contributed by atoms with van der Waals surface area (Å²) in [5.41, 5.74) is 4.65. The van der Waals surface area contributed by atoms with Gasteiger partial charge in [-0.05, 0) is 17.7 Å². The predicted octanol–water partition coefficient (Wildman–Crippen LogP) is 5.46. The fourth-order valence-corrected chi connectivity index (χ4v) is 5.00. The van der Waals surface area contributed by atoms with E-state index < -0.39 is 4.92 Å². The van der Waals surface area contributed by atoms with Crippen molar-refractivity contribution in [2.75, 3.05) is 5.32 Å². The Morgan fingerprint density at radius 2 is 1.68 bits per heavy atom. The highest BCUT2D eigenvalue weighted by molar-refractivity contribution is 8.00. The Bertz CT molecular complexity index is 1190. The van der Waals surface area contributed by atoms with Crippen LogP contribution in [0.2, 0.25) is 0 Å². The van der Waals surface area contributed by atoms with E-state index in [1.807, 2.05) is 54.6 Å². The van der Waals surface area contributed by atoms with Crippen molar-refractivity contribution < 1.29 is 9.72 Å². The SMILES string of the molecule is O=C1C2=C(Nc3ccccc3S[C@H]2c2cccc([N+](=O)[O-])c2)c2ccccc21. The summed E-state index contributed by atoms with van der Waals surface area (Å²) in [6.45, 7) is 0. The lowest BCUT2D eigenvalue weighted by Crippen LogP contribution is -2.08. The summed E-state index contributed by atoms with van der Waals surface area (Å²) < 4.78 is 0. The minimum absolute atomic E-state index is 0.0219. The molecule has 0 aromatic heterocycles. The molecule has 5 nitrogen and oxygen atoms in total. The largest absolute Gasteiger partial charge is 0.354 e. The molecule has 0 saturated heterocycles.